The fraction of sp³-hybridized carbons (Fsp3) is 0.917. The zero-order valence-electron chi connectivity index (χ0n) is 9.82. The van der Waals surface area contributed by atoms with Gasteiger partial charge in [-0.25, -0.2) is 0 Å². The topological polar surface area (TPSA) is 29.5 Å². The maximum absolute atomic E-state index is 12.4. The van der Waals surface area contributed by atoms with Crippen molar-refractivity contribution in [3.8, 4) is 0 Å². The van der Waals surface area contributed by atoms with Gasteiger partial charge in [-0.3, -0.25) is 4.79 Å². The van der Waals surface area contributed by atoms with Crippen LogP contribution < -0.4 is 0 Å². The van der Waals surface area contributed by atoms with Gasteiger partial charge in [0.05, 0.1) is 0 Å². The number of hydrogen-bond donors (Lipinski definition) is 0. The molecule has 2 heterocycles. The predicted molar refractivity (Wildman–Crippen MR) is 66.6 cm³/mol. The van der Waals surface area contributed by atoms with Gasteiger partial charge in [0.25, 0.3) is 0 Å². The molecule has 0 aromatic rings. The van der Waals surface area contributed by atoms with Crippen LogP contribution in [0.15, 0.2) is 0 Å². The van der Waals surface area contributed by atoms with Gasteiger partial charge in [0, 0.05) is 37.0 Å². The molecule has 2 aliphatic rings. The van der Waals surface area contributed by atoms with Crippen molar-refractivity contribution in [1.82, 2.24) is 4.90 Å². The highest BCUT2D eigenvalue weighted by molar-refractivity contribution is 9.09. The summed E-state index contributed by atoms with van der Waals surface area (Å²) in [4.78, 5) is 14.5. The van der Waals surface area contributed by atoms with E-state index in [2.05, 4.69) is 27.8 Å². The number of amides is 1. The lowest BCUT2D eigenvalue weighted by Gasteiger charge is -2.31. The van der Waals surface area contributed by atoms with Crippen LogP contribution in [0.4, 0.5) is 0 Å². The Balaban J connectivity index is 1.97. The number of carbonyl (C=O) groups is 1. The fourth-order valence-electron chi connectivity index (χ4n) is 2.70. The summed E-state index contributed by atoms with van der Waals surface area (Å²) in [6.45, 7) is 4.67. The van der Waals surface area contributed by atoms with Crippen LogP contribution in [0.5, 0.6) is 0 Å². The van der Waals surface area contributed by atoms with Gasteiger partial charge in [0.15, 0.2) is 0 Å². The lowest BCUT2D eigenvalue weighted by atomic mass is 9.98. The van der Waals surface area contributed by atoms with Crippen LogP contribution in [0, 0.1) is 11.8 Å². The van der Waals surface area contributed by atoms with E-state index >= 15 is 0 Å². The number of likely N-dealkylation sites (tertiary alicyclic amines) is 1. The fourth-order valence-corrected chi connectivity index (χ4v) is 3.68. The second-order valence-electron chi connectivity index (χ2n) is 4.91. The first kappa shape index (κ1) is 12.4. The molecule has 0 aromatic carbocycles. The smallest absolute Gasteiger partial charge is 0.226 e. The Kier molecular flexibility index (Phi) is 4.25. The van der Waals surface area contributed by atoms with Crippen molar-refractivity contribution in [2.75, 3.05) is 25.1 Å². The summed E-state index contributed by atoms with van der Waals surface area (Å²) in [7, 11) is 0. The summed E-state index contributed by atoms with van der Waals surface area (Å²) in [5.41, 5.74) is 0. The van der Waals surface area contributed by atoms with Gasteiger partial charge in [0.2, 0.25) is 5.91 Å². The predicted octanol–water partition coefficient (Wildman–Crippen LogP) is 2.04. The Morgan fingerprint density at radius 1 is 1.38 bits per heavy atom. The monoisotopic (exact) mass is 289 g/mol. The van der Waals surface area contributed by atoms with E-state index in [1.165, 1.54) is 0 Å². The molecule has 3 nitrogen and oxygen atoms in total. The van der Waals surface area contributed by atoms with Crippen molar-refractivity contribution < 1.29 is 9.53 Å². The van der Waals surface area contributed by atoms with Gasteiger partial charge >= 0.3 is 0 Å². The van der Waals surface area contributed by atoms with E-state index in [0.717, 1.165) is 44.4 Å². The lowest BCUT2D eigenvalue weighted by Crippen LogP contribution is -2.43. The van der Waals surface area contributed by atoms with Crippen LogP contribution in [-0.4, -0.2) is 41.9 Å². The summed E-state index contributed by atoms with van der Waals surface area (Å²) in [5.74, 6) is 1.20. The minimum atomic E-state index is 0.209. The zero-order chi connectivity index (χ0) is 11.5. The Labute approximate surface area is 106 Å². The molecule has 0 bridgehead atoms. The standard InChI is InChI=1S/C12H20BrNO2/c1-9-2-5-14(11(9)8-13)12(15)10-3-6-16-7-4-10/h9-11H,2-8H2,1H3. The average molecular weight is 290 g/mol. The normalized spacial score (nSPS) is 32.0. The van der Waals surface area contributed by atoms with E-state index in [-0.39, 0.29) is 5.92 Å². The van der Waals surface area contributed by atoms with Gasteiger partial charge in [-0.1, -0.05) is 22.9 Å². The van der Waals surface area contributed by atoms with Crippen molar-refractivity contribution >= 4 is 21.8 Å². The molecule has 4 heteroatoms. The molecule has 0 aromatic heterocycles. The van der Waals surface area contributed by atoms with Crippen molar-refractivity contribution in [1.29, 1.82) is 0 Å². The van der Waals surface area contributed by atoms with Crippen LogP contribution in [0.1, 0.15) is 26.2 Å². The summed E-state index contributed by atoms with van der Waals surface area (Å²) >= 11 is 3.53. The van der Waals surface area contributed by atoms with Crippen LogP contribution in [-0.2, 0) is 9.53 Å². The lowest BCUT2D eigenvalue weighted by molar-refractivity contribution is -0.139. The Morgan fingerprint density at radius 3 is 2.69 bits per heavy atom. The van der Waals surface area contributed by atoms with E-state index < -0.39 is 0 Å². The first-order chi connectivity index (χ1) is 7.74. The van der Waals surface area contributed by atoms with Crippen molar-refractivity contribution in [3.05, 3.63) is 0 Å². The molecular weight excluding hydrogens is 270 g/mol. The highest BCUT2D eigenvalue weighted by atomic mass is 79.9. The third kappa shape index (κ3) is 2.43. The van der Waals surface area contributed by atoms with Crippen LogP contribution >= 0.6 is 15.9 Å². The molecule has 0 radical (unpaired) electrons. The summed E-state index contributed by atoms with van der Waals surface area (Å²) in [5, 5.41) is 0.906. The minimum absolute atomic E-state index is 0.209. The first-order valence-corrected chi connectivity index (χ1v) is 7.30. The largest absolute Gasteiger partial charge is 0.381 e. The quantitative estimate of drug-likeness (QED) is 0.728. The van der Waals surface area contributed by atoms with Gasteiger partial charge < -0.3 is 9.64 Å². The maximum atomic E-state index is 12.4. The number of rotatable bonds is 2. The van der Waals surface area contributed by atoms with Gasteiger partial charge in [0.1, 0.15) is 0 Å². The Morgan fingerprint density at radius 2 is 2.06 bits per heavy atom. The van der Waals surface area contributed by atoms with Crippen molar-refractivity contribution in [3.63, 3.8) is 0 Å². The van der Waals surface area contributed by atoms with E-state index in [0.29, 0.717) is 17.9 Å². The minimum Gasteiger partial charge on any atom is -0.381 e. The van der Waals surface area contributed by atoms with E-state index in [4.69, 9.17) is 4.74 Å². The highest BCUT2D eigenvalue weighted by Crippen LogP contribution is 2.29. The third-order valence-electron chi connectivity index (χ3n) is 3.89. The number of hydrogen-bond acceptors (Lipinski definition) is 2. The van der Waals surface area contributed by atoms with Crippen molar-refractivity contribution in [2.45, 2.75) is 32.2 Å². The number of halogens is 1. The van der Waals surface area contributed by atoms with Crippen molar-refractivity contribution in [2.24, 2.45) is 11.8 Å². The Hall–Kier alpha value is -0.0900. The van der Waals surface area contributed by atoms with Crippen LogP contribution in [0.25, 0.3) is 0 Å². The molecule has 2 atom stereocenters. The number of alkyl halides is 1. The zero-order valence-corrected chi connectivity index (χ0v) is 11.4. The maximum Gasteiger partial charge on any atom is 0.226 e. The molecule has 0 N–H and O–H groups in total. The highest BCUT2D eigenvalue weighted by Gasteiger charge is 2.36. The van der Waals surface area contributed by atoms with E-state index in [1.807, 2.05) is 0 Å². The molecular formula is C12H20BrNO2. The van der Waals surface area contributed by atoms with Gasteiger partial charge in [-0.2, -0.15) is 0 Å². The first-order valence-electron chi connectivity index (χ1n) is 6.18. The molecule has 2 fully saturated rings. The molecule has 0 aliphatic carbocycles. The molecule has 2 aliphatic heterocycles. The van der Waals surface area contributed by atoms with Crippen LogP contribution in [0.2, 0.25) is 0 Å². The molecule has 2 rings (SSSR count). The van der Waals surface area contributed by atoms with E-state index in [9.17, 15) is 4.79 Å². The van der Waals surface area contributed by atoms with Gasteiger partial charge in [-0.15, -0.1) is 0 Å². The molecule has 0 spiro atoms. The SMILES string of the molecule is CC1CCN(C(=O)C2CCOCC2)C1CBr. The molecule has 92 valence electrons. The third-order valence-corrected chi connectivity index (χ3v) is 4.56. The molecule has 16 heavy (non-hydrogen) atoms. The van der Waals surface area contributed by atoms with Crippen LogP contribution in [0.3, 0.4) is 0 Å². The van der Waals surface area contributed by atoms with E-state index in [1.54, 1.807) is 0 Å². The Bertz CT molecular complexity index is 253. The second kappa shape index (κ2) is 5.50. The summed E-state index contributed by atoms with van der Waals surface area (Å²) < 4.78 is 5.31. The molecule has 0 saturated carbocycles. The molecule has 2 saturated heterocycles. The summed E-state index contributed by atoms with van der Waals surface area (Å²) in [6, 6.07) is 0.398. The average Bonchev–Trinajstić information content (AvgIpc) is 2.70. The number of ether oxygens (including phenoxy) is 1. The number of carbonyl (C=O) groups excluding carboxylic acids is 1. The van der Waals surface area contributed by atoms with Gasteiger partial charge in [-0.05, 0) is 25.2 Å². The second-order valence-corrected chi connectivity index (χ2v) is 5.55. The molecule has 1 amide bonds. The molecule has 2 unspecified atom stereocenters. The number of nitrogens with zero attached hydrogens (tertiary/aromatic N) is 1. The summed E-state index contributed by atoms with van der Waals surface area (Å²) in [6.07, 6.45) is 2.95.